The largest absolute Gasteiger partial charge is 0.477 e. The number of pyridine rings is 1. The molecule has 0 spiro atoms. The molecule has 0 saturated heterocycles. The lowest BCUT2D eigenvalue weighted by molar-refractivity contribution is -0.120. The third-order valence-corrected chi connectivity index (χ3v) is 3.02. The number of nitrogens with zero attached hydrogens (tertiary/aromatic N) is 1. The lowest BCUT2D eigenvalue weighted by Gasteiger charge is -2.14. The molecular formula is C14H20N2O3. The summed E-state index contributed by atoms with van der Waals surface area (Å²) in [5, 5.41) is 11.6. The molecule has 19 heavy (non-hydrogen) atoms. The average Bonchev–Trinajstić information content (AvgIpc) is 2.40. The van der Waals surface area contributed by atoms with E-state index in [9.17, 15) is 9.59 Å². The molecule has 0 fully saturated rings. The summed E-state index contributed by atoms with van der Waals surface area (Å²) in [6, 6.07) is 2.96. The Kier molecular flexibility index (Phi) is 5.99. The molecule has 1 rings (SSSR count). The van der Waals surface area contributed by atoms with E-state index in [-0.39, 0.29) is 17.5 Å². The van der Waals surface area contributed by atoms with Crippen LogP contribution < -0.4 is 5.32 Å². The zero-order chi connectivity index (χ0) is 14.3. The Hall–Kier alpha value is -1.91. The number of amides is 1. The Labute approximate surface area is 113 Å². The minimum atomic E-state index is -1.10. The van der Waals surface area contributed by atoms with Crippen molar-refractivity contribution in [2.75, 3.05) is 5.32 Å². The molecular weight excluding hydrogens is 244 g/mol. The van der Waals surface area contributed by atoms with Crippen LogP contribution in [-0.2, 0) is 4.79 Å². The van der Waals surface area contributed by atoms with Gasteiger partial charge in [0.1, 0.15) is 5.69 Å². The minimum Gasteiger partial charge on any atom is -0.477 e. The monoisotopic (exact) mass is 264 g/mol. The third-order valence-electron chi connectivity index (χ3n) is 3.02. The second-order valence-corrected chi connectivity index (χ2v) is 4.47. The standard InChI is InChI=1S/C14H20N2O3/c1-3-5-6-10(4-2)13(17)16-11-7-8-15-12(9-11)14(18)19/h7-10H,3-6H2,1-2H3,(H,18,19)(H,15,16,17). The molecule has 0 saturated carbocycles. The van der Waals surface area contributed by atoms with Crippen molar-refractivity contribution in [1.29, 1.82) is 0 Å². The maximum absolute atomic E-state index is 12.1. The van der Waals surface area contributed by atoms with E-state index in [1.54, 1.807) is 6.07 Å². The van der Waals surface area contributed by atoms with Crippen molar-refractivity contribution in [3.63, 3.8) is 0 Å². The first-order chi connectivity index (χ1) is 9.08. The van der Waals surface area contributed by atoms with E-state index in [2.05, 4.69) is 17.2 Å². The summed E-state index contributed by atoms with van der Waals surface area (Å²) in [6.45, 7) is 4.07. The highest BCUT2D eigenvalue weighted by Crippen LogP contribution is 2.16. The number of hydrogen-bond acceptors (Lipinski definition) is 3. The van der Waals surface area contributed by atoms with Gasteiger partial charge in [-0.05, 0) is 25.0 Å². The second kappa shape index (κ2) is 7.51. The van der Waals surface area contributed by atoms with Crippen molar-refractivity contribution in [2.45, 2.75) is 39.5 Å². The van der Waals surface area contributed by atoms with Gasteiger partial charge in [-0.25, -0.2) is 9.78 Å². The number of nitrogens with one attached hydrogen (secondary N) is 1. The van der Waals surface area contributed by atoms with Crippen LogP contribution in [0, 0.1) is 5.92 Å². The van der Waals surface area contributed by atoms with Crippen molar-refractivity contribution < 1.29 is 14.7 Å². The number of carbonyl (C=O) groups is 2. The summed E-state index contributed by atoms with van der Waals surface area (Å²) in [4.78, 5) is 26.6. The molecule has 0 radical (unpaired) electrons. The van der Waals surface area contributed by atoms with Crippen LogP contribution in [0.2, 0.25) is 0 Å². The molecule has 1 atom stereocenters. The molecule has 0 aliphatic carbocycles. The molecule has 5 nitrogen and oxygen atoms in total. The Morgan fingerprint density at radius 1 is 1.42 bits per heavy atom. The topological polar surface area (TPSA) is 79.3 Å². The van der Waals surface area contributed by atoms with Crippen molar-refractivity contribution >= 4 is 17.6 Å². The van der Waals surface area contributed by atoms with Gasteiger partial charge >= 0.3 is 5.97 Å². The van der Waals surface area contributed by atoms with E-state index < -0.39 is 5.97 Å². The van der Waals surface area contributed by atoms with Crippen molar-refractivity contribution in [3.8, 4) is 0 Å². The van der Waals surface area contributed by atoms with Crippen molar-refractivity contribution in [3.05, 3.63) is 24.0 Å². The molecule has 104 valence electrons. The second-order valence-electron chi connectivity index (χ2n) is 4.47. The van der Waals surface area contributed by atoms with Gasteiger partial charge in [0.15, 0.2) is 0 Å². The van der Waals surface area contributed by atoms with Crippen molar-refractivity contribution in [1.82, 2.24) is 4.98 Å². The van der Waals surface area contributed by atoms with E-state index in [0.717, 1.165) is 25.7 Å². The molecule has 0 aliphatic rings. The van der Waals surface area contributed by atoms with Gasteiger partial charge in [-0.2, -0.15) is 0 Å². The van der Waals surface area contributed by atoms with Crippen LogP contribution in [0.15, 0.2) is 18.3 Å². The van der Waals surface area contributed by atoms with E-state index in [1.807, 2.05) is 6.92 Å². The summed E-state index contributed by atoms with van der Waals surface area (Å²) >= 11 is 0. The summed E-state index contributed by atoms with van der Waals surface area (Å²) < 4.78 is 0. The van der Waals surface area contributed by atoms with Gasteiger partial charge in [0.2, 0.25) is 5.91 Å². The maximum atomic E-state index is 12.1. The number of carboxylic acids is 1. The van der Waals surface area contributed by atoms with Crippen LogP contribution in [0.1, 0.15) is 50.0 Å². The summed E-state index contributed by atoms with van der Waals surface area (Å²) in [5.74, 6) is -1.19. The molecule has 2 N–H and O–H groups in total. The average molecular weight is 264 g/mol. The fourth-order valence-electron chi connectivity index (χ4n) is 1.84. The number of carboxylic acid groups (broad SMARTS) is 1. The predicted octanol–water partition coefficient (Wildman–Crippen LogP) is 2.93. The Morgan fingerprint density at radius 2 is 2.16 bits per heavy atom. The van der Waals surface area contributed by atoms with E-state index in [4.69, 9.17) is 5.11 Å². The maximum Gasteiger partial charge on any atom is 0.354 e. The van der Waals surface area contributed by atoms with Crippen LogP contribution >= 0.6 is 0 Å². The van der Waals surface area contributed by atoms with E-state index in [0.29, 0.717) is 5.69 Å². The van der Waals surface area contributed by atoms with Crippen LogP contribution in [0.4, 0.5) is 5.69 Å². The van der Waals surface area contributed by atoms with Crippen LogP contribution in [0.25, 0.3) is 0 Å². The number of unbranched alkanes of at least 4 members (excludes halogenated alkanes) is 1. The lowest BCUT2D eigenvalue weighted by atomic mass is 9.98. The highest BCUT2D eigenvalue weighted by molar-refractivity contribution is 5.94. The first kappa shape index (κ1) is 15.1. The molecule has 1 amide bonds. The molecule has 1 heterocycles. The molecule has 1 aromatic rings. The number of hydrogen-bond donors (Lipinski definition) is 2. The minimum absolute atomic E-state index is 0.0265. The van der Waals surface area contributed by atoms with Gasteiger partial charge in [-0.15, -0.1) is 0 Å². The van der Waals surface area contributed by atoms with E-state index >= 15 is 0 Å². The third kappa shape index (κ3) is 4.69. The normalized spacial score (nSPS) is 11.9. The molecule has 0 aromatic carbocycles. The van der Waals surface area contributed by atoms with Gasteiger partial charge in [0.25, 0.3) is 0 Å². The highest BCUT2D eigenvalue weighted by Gasteiger charge is 2.16. The fourth-order valence-corrected chi connectivity index (χ4v) is 1.84. The number of anilines is 1. The van der Waals surface area contributed by atoms with Gasteiger partial charge in [-0.3, -0.25) is 4.79 Å². The lowest BCUT2D eigenvalue weighted by Crippen LogP contribution is -2.22. The molecule has 1 aromatic heterocycles. The predicted molar refractivity (Wildman–Crippen MR) is 73.1 cm³/mol. The Balaban J connectivity index is 2.69. The molecule has 5 heteroatoms. The quantitative estimate of drug-likeness (QED) is 0.793. The van der Waals surface area contributed by atoms with Gasteiger partial charge in [-0.1, -0.05) is 26.7 Å². The Bertz CT molecular complexity index is 446. The van der Waals surface area contributed by atoms with Gasteiger partial charge in [0.05, 0.1) is 0 Å². The molecule has 0 bridgehead atoms. The zero-order valence-electron chi connectivity index (χ0n) is 11.3. The number of carbonyl (C=O) groups excluding carboxylic acids is 1. The van der Waals surface area contributed by atoms with Crippen LogP contribution in [0.3, 0.4) is 0 Å². The summed E-state index contributed by atoms with van der Waals surface area (Å²) in [7, 11) is 0. The van der Waals surface area contributed by atoms with Gasteiger partial charge in [0, 0.05) is 17.8 Å². The number of aromatic nitrogens is 1. The Morgan fingerprint density at radius 3 is 2.74 bits per heavy atom. The zero-order valence-corrected chi connectivity index (χ0v) is 11.3. The SMILES string of the molecule is CCCCC(CC)C(=O)Nc1ccnc(C(=O)O)c1. The first-order valence-corrected chi connectivity index (χ1v) is 6.58. The van der Waals surface area contributed by atoms with Gasteiger partial charge < -0.3 is 10.4 Å². The van der Waals surface area contributed by atoms with Crippen LogP contribution in [0.5, 0.6) is 0 Å². The van der Waals surface area contributed by atoms with E-state index in [1.165, 1.54) is 12.3 Å². The highest BCUT2D eigenvalue weighted by atomic mass is 16.4. The first-order valence-electron chi connectivity index (χ1n) is 6.58. The number of rotatable bonds is 7. The smallest absolute Gasteiger partial charge is 0.354 e. The summed E-state index contributed by atoms with van der Waals surface area (Å²) in [6.07, 6.45) is 5.09. The summed E-state index contributed by atoms with van der Waals surface area (Å²) in [5.41, 5.74) is 0.409. The van der Waals surface area contributed by atoms with Crippen molar-refractivity contribution in [2.24, 2.45) is 5.92 Å². The van der Waals surface area contributed by atoms with Crippen LogP contribution in [-0.4, -0.2) is 22.0 Å². The molecule has 1 unspecified atom stereocenters. The fraction of sp³-hybridized carbons (Fsp3) is 0.500. The molecule has 0 aliphatic heterocycles. The number of aromatic carboxylic acids is 1.